The average molecular weight is 247 g/mol. The van der Waals surface area contributed by atoms with E-state index >= 15 is 0 Å². The topological polar surface area (TPSA) is 90.2 Å². The van der Waals surface area contributed by atoms with Gasteiger partial charge in [-0.15, -0.1) is 0 Å². The molecule has 2 rings (SSSR count). The van der Waals surface area contributed by atoms with Crippen molar-refractivity contribution in [3.8, 4) is 17.4 Å². The van der Waals surface area contributed by atoms with Gasteiger partial charge >= 0.3 is 0 Å². The largest absolute Gasteiger partial charge is 0.487 e. The molecule has 0 aliphatic carbocycles. The number of nitrogens with zero attached hydrogens (tertiary/aromatic N) is 1. The number of aromatic amines is 1. The number of rotatable bonds is 3. The molecular weight excluding hydrogens is 234 g/mol. The van der Waals surface area contributed by atoms with Crippen molar-refractivity contribution >= 4 is 5.69 Å². The number of aryl methyl sites for hydroxylation is 1. The normalized spacial score (nSPS) is 10.1. The zero-order chi connectivity index (χ0) is 13.1. The van der Waals surface area contributed by atoms with E-state index in [4.69, 9.17) is 15.2 Å². The van der Waals surface area contributed by atoms with Crippen molar-refractivity contribution in [2.24, 2.45) is 0 Å². The second-order valence-corrected chi connectivity index (χ2v) is 3.70. The Labute approximate surface area is 103 Å². The lowest BCUT2D eigenvalue weighted by atomic mass is 10.2. The van der Waals surface area contributed by atoms with Crippen molar-refractivity contribution in [3.63, 3.8) is 0 Å². The number of hydrogen-bond acceptors (Lipinski definition) is 5. The first-order chi connectivity index (χ1) is 8.61. The zero-order valence-electron chi connectivity index (χ0n) is 10.1. The van der Waals surface area contributed by atoms with E-state index in [0.717, 1.165) is 5.56 Å². The van der Waals surface area contributed by atoms with E-state index in [2.05, 4.69) is 9.97 Å². The summed E-state index contributed by atoms with van der Waals surface area (Å²) in [5, 5.41) is 0. The van der Waals surface area contributed by atoms with Crippen LogP contribution in [0.5, 0.6) is 17.4 Å². The molecule has 0 atom stereocenters. The lowest BCUT2D eigenvalue weighted by Crippen LogP contribution is -2.11. The second kappa shape index (κ2) is 4.79. The molecule has 0 saturated heterocycles. The molecule has 6 heteroatoms. The summed E-state index contributed by atoms with van der Waals surface area (Å²) < 4.78 is 10.5. The van der Waals surface area contributed by atoms with Crippen molar-refractivity contribution in [3.05, 3.63) is 40.4 Å². The van der Waals surface area contributed by atoms with E-state index in [0.29, 0.717) is 11.4 Å². The minimum absolute atomic E-state index is 0.0272. The Balaban J connectivity index is 2.43. The number of nitrogen functional groups attached to an aromatic ring is 1. The maximum atomic E-state index is 11.5. The zero-order valence-corrected chi connectivity index (χ0v) is 10.1. The molecule has 1 heterocycles. The molecule has 1 aromatic carbocycles. The van der Waals surface area contributed by atoms with Crippen LogP contribution < -0.4 is 20.8 Å². The summed E-state index contributed by atoms with van der Waals surface area (Å²) in [6.45, 7) is 1.87. The Morgan fingerprint density at radius 1 is 1.39 bits per heavy atom. The first-order valence-electron chi connectivity index (χ1n) is 5.27. The minimum atomic E-state index is -0.399. The molecule has 94 valence electrons. The van der Waals surface area contributed by atoms with Crippen LogP contribution in [0.25, 0.3) is 0 Å². The highest BCUT2D eigenvalue weighted by molar-refractivity contribution is 5.49. The Bertz CT molecular complexity index is 622. The summed E-state index contributed by atoms with van der Waals surface area (Å²) in [5.74, 6) is 0.667. The van der Waals surface area contributed by atoms with Gasteiger partial charge in [-0.3, -0.25) is 4.79 Å². The molecule has 1 aromatic heterocycles. The van der Waals surface area contributed by atoms with Crippen LogP contribution in [0.3, 0.4) is 0 Å². The summed E-state index contributed by atoms with van der Waals surface area (Å²) in [6.07, 6.45) is 1.25. The Morgan fingerprint density at radius 2 is 2.17 bits per heavy atom. The summed E-state index contributed by atoms with van der Waals surface area (Å²) in [6, 6.07) is 5.26. The van der Waals surface area contributed by atoms with Gasteiger partial charge in [0, 0.05) is 11.8 Å². The van der Waals surface area contributed by atoms with Crippen LogP contribution in [0, 0.1) is 6.92 Å². The molecule has 0 bridgehead atoms. The number of nitrogens with two attached hydrogens (primary N) is 1. The van der Waals surface area contributed by atoms with E-state index in [-0.39, 0.29) is 11.6 Å². The number of ether oxygens (including phenoxy) is 2. The molecule has 0 unspecified atom stereocenters. The highest BCUT2D eigenvalue weighted by Gasteiger charge is 2.12. The number of anilines is 1. The lowest BCUT2D eigenvalue weighted by Gasteiger charge is -2.10. The Morgan fingerprint density at radius 3 is 2.89 bits per heavy atom. The lowest BCUT2D eigenvalue weighted by molar-refractivity contribution is 0.362. The Hall–Kier alpha value is -2.50. The van der Waals surface area contributed by atoms with Gasteiger partial charge in [-0.05, 0) is 18.6 Å². The number of aromatic nitrogens is 2. The smallest absolute Gasteiger partial charge is 0.297 e. The third kappa shape index (κ3) is 2.27. The van der Waals surface area contributed by atoms with E-state index in [9.17, 15) is 4.79 Å². The van der Waals surface area contributed by atoms with Crippen LogP contribution >= 0.6 is 0 Å². The van der Waals surface area contributed by atoms with Gasteiger partial charge in [0.05, 0.1) is 13.4 Å². The van der Waals surface area contributed by atoms with Crippen LogP contribution in [0.1, 0.15) is 5.56 Å². The fourth-order valence-electron chi connectivity index (χ4n) is 1.45. The van der Waals surface area contributed by atoms with Gasteiger partial charge in [0.1, 0.15) is 5.75 Å². The maximum absolute atomic E-state index is 11.5. The molecule has 0 aliphatic rings. The standard InChI is InChI=1S/C12H13N3O3/c1-7-3-4-8(13)5-9(7)18-12-10(17-2)11(16)14-6-15-12/h3-6H,13H2,1-2H3,(H,14,15,16). The number of methoxy groups -OCH3 is 1. The molecule has 0 spiro atoms. The summed E-state index contributed by atoms with van der Waals surface area (Å²) in [5.41, 5.74) is 6.73. The third-order valence-electron chi connectivity index (χ3n) is 2.40. The van der Waals surface area contributed by atoms with Crippen LogP contribution in [-0.2, 0) is 0 Å². The van der Waals surface area contributed by atoms with Gasteiger partial charge in [-0.25, -0.2) is 4.98 Å². The van der Waals surface area contributed by atoms with Crippen LogP contribution in [-0.4, -0.2) is 17.1 Å². The van der Waals surface area contributed by atoms with E-state index in [1.807, 2.05) is 13.0 Å². The first kappa shape index (κ1) is 12.0. The molecule has 18 heavy (non-hydrogen) atoms. The van der Waals surface area contributed by atoms with Crippen molar-refractivity contribution in [1.29, 1.82) is 0 Å². The minimum Gasteiger partial charge on any atom is -0.487 e. The molecule has 0 radical (unpaired) electrons. The SMILES string of the molecule is COc1c(Oc2cc(N)ccc2C)nc[nH]c1=O. The van der Waals surface area contributed by atoms with Gasteiger partial charge in [-0.1, -0.05) is 6.07 Å². The van der Waals surface area contributed by atoms with E-state index in [1.54, 1.807) is 12.1 Å². The maximum Gasteiger partial charge on any atom is 0.297 e. The molecule has 0 aliphatic heterocycles. The first-order valence-corrected chi connectivity index (χ1v) is 5.27. The van der Waals surface area contributed by atoms with E-state index < -0.39 is 5.56 Å². The molecule has 2 aromatic rings. The molecule has 0 saturated carbocycles. The summed E-state index contributed by atoms with van der Waals surface area (Å²) in [7, 11) is 1.38. The van der Waals surface area contributed by atoms with E-state index in [1.165, 1.54) is 13.4 Å². The highest BCUT2D eigenvalue weighted by Crippen LogP contribution is 2.29. The fourth-order valence-corrected chi connectivity index (χ4v) is 1.45. The predicted molar refractivity (Wildman–Crippen MR) is 67.1 cm³/mol. The van der Waals surface area contributed by atoms with Gasteiger partial charge in [0.25, 0.3) is 11.4 Å². The monoisotopic (exact) mass is 247 g/mol. The number of benzene rings is 1. The van der Waals surface area contributed by atoms with Gasteiger partial charge < -0.3 is 20.2 Å². The van der Waals surface area contributed by atoms with Crippen molar-refractivity contribution in [1.82, 2.24) is 9.97 Å². The summed E-state index contributed by atoms with van der Waals surface area (Å²) >= 11 is 0. The van der Waals surface area contributed by atoms with Crippen molar-refractivity contribution < 1.29 is 9.47 Å². The number of nitrogens with one attached hydrogen (secondary N) is 1. The van der Waals surface area contributed by atoms with Crippen LogP contribution in [0.4, 0.5) is 5.69 Å². The number of H-pyrrole nitrogens is 1. The van der Waals surface area contributed by atoms with Crippen LogP contribution in [0.15, 0.2) is 29.3 Å². The summed E-state index contributed by atoms with van der Waals surface area (Å²) in [4.78, 5) is 17.8. The highest BCUT2D eigenvalue weighted by atomic mass is 16.5. The molecule has 3 N–H and O–H groups in total. The average Bonchev–Trinajstić information content (AvgIpc) is 2.34. The quantitative estimate of drug-likeness (QED) is 0.801. The van der Waals surface area contributed by atoms with Gasteiger partial charge in [0.2, 0.25) is 5.75 Å². The molecule has 0 fully saturated rings. The Kier molecular flexibility index (Phi) is 3.18. The van der Waals surface area contributed by atoms with Crippen LogP contribution in [0.2, 0.25) is 0 Å². The van der Waals surface area contributed by atoms with Gasteiger partial charge in [0.15, 0.2) is 0 Å². The third-order valence-corrected chi connectivity index (χ3v) is 2.40. The molecular formula is C12H13N3O3. The second-order valence-electron chi connectivity index (χ2n) is 3.70. The van der Waals surface area contributed by atoms with Crippen molar-refractivity contribution in [2.45, 2.75) is 6.92 Å². The number of hydrogen-bond donors (Lipinski definition) is 2. The molecule has 0 amide bonds. The van der Waals surface area contributed by atoms with Crippen molar-refractivity contribution in [2.75, 3.05) is 12.8 Å². The van der Waals surface area contributed by atoms with Gasteiger partial charge in [-0.2, -0.15) is 0 Å². The molecule has 6 nitrogen and oxygen atoms in total. The predicted octanol–water partition coefficient (Wildman–Crippen LogP) is 1.46. The fraction of sp³-hybridized carbons (Fsp3) is 0.167.